The first-order valence-electron chi connectivity index (χ1n) is 9.13. The number of aryl methyl sites for hydroxylation is 2. The van der Waals surface area contributed by atoms with Crippen LogP contribution in [0.25, 0.3) is 16.7 Å². The molecule has 2 heterocycles. The van der Waals surface area contributed by atoms with Crippen LogP contribution in [0, 0.1) is 19.7 Å². The van der Waals surface area contributed by atoms with Crippen molar-refractivity contribution in [2.45, 2.75) is 20.4 Å². The van der Waals surface area contributed by atoms with Gasteiger partial charge in [0.25, 0.3) is 5.56 Å². The first-order chi connectivity index (χ1) is 13.9. The van der Waals surface area contributed by atoms with Crippen molar-refractivity contribution >= 4 is 22.6 Å². The maximum absolute atomic E-state index is 13.5. The molecular weight excluding hydrogens is 371 g/mol. The van der Waals surface area contributed by atoms with Crippen molar-refractivity contribution in [3.63, 3.8) is 0 Å². The van der Waals surface area contributed by atoms with Gasteiger partial charge in [0, 0.05) is 11.9 Å². The molecule has 0 spiro atoms. The maximum atomic E-state index is 13.5. The summed E-state index contributed by atoms with van der Waals surface area (Å²) in [6.07, 6.45) is 1.58. The van der Waals surface area contributed by atoms with Gasteiger partial charge in [0.1, 0.15) is 12.4 Å². The van der Waals surface area contributed by atoms with Crippen molar-refractivity contribution in [1.82, 2.24) is 14.3 Å². The van der Waals surface area contributed by atoms with Gasteiger partial charge in [-0.25, -0.2) is 14.1 Å². The Bertz CT molecular complexity index is 1270. The second kappa shape index (κ2) is 7.35. The summed E-state index contributed by atoms with van der Waals surface area (Å²) in [5, 5.41) is 3.18. The normalized spacial score (nSPS) is 11.0. The number of pyridine rings is 1. The number of rotatable bonds is 4. The molecule has 7 heteroatoms. The van der Waals surface area contributed by atoms with Crippen molar-refractivity contribution < 1.29 is 9.18 Å². The predicted octanol–water partition coefficient (Wildman–Crippen LogP) is 3.58. The number of anilines is 1. The molecule has 0 bridgehead atoms. The summed E-state index contributed by atoms with van der Waals surface area (Å²) in [7, 11) is 0. The van der Waals surface area contributed by atoms with E-state index in [1.165, 1.54) is 16.8 Å². The van der Waals surface area contributed by atoms with E-state index >= 15 is 0 Å². The van der Waals surface area contributed by atoms with Crippen LogP contribution in [-0.4, -0.2) is 20.3 Å². The molecule has 146 valence electrons. The minimum Gasteiger partial charge on any atom is -0.324 e. The maximum Gasteiger partial charge on any atom is 0.280 e. The van der Waals surface area contributed by atoms with Crippen LogP contribution >= 0.6 is 0 Å². The highest BCUT2D eigenvalue weighted by Gasteiger charge is 2.18. The summed E-state index contributed by atoms with van der Waals surface area (Å²) in [5.74, 6) is -0.684. The van der Waals surface area contributed by atoms with Gasteiger partial charge in [-0.15, -0.1) is 0 Å². The van der Waals surface area contributed by atoms with Crippen LogP contribution < -0.4 is 10.9 Å². The Labute approximate surface area is 166 Å². The Morgan fingerprint density at radius 3 is 2.59 bits per heavy atom. The SMILES string of the molecule is Cc1ccc(-n2c(=O)c3cccnc3n2CC(=O)Nc2ccc(F)c(C)c2)cc1. The molecule has 4 rings (SSSR count). The van der Waals surface area contributed by atoms with Gasteiger partial charge in [-0.2, -0.15) is 0 Å². The molecule has 0 radical (unpaired) electrons. The highest BCUT2D eigenvalue weighted by Crippen LogP contribution is 2.16. The molecule has 0 aliphatic heterocycles. The minimum atomic E-state index is -0.348. The van der Waals surface area contributed by atoms with E-state index < -0.39 is 0 Å². The molecule has 0 saturated heterocycles. The summed E-state index contributed by atoms with van der Waals surface area (Å²) in [6.45, 7) is 3.46. The summed E-state index contributed by atoms with van der Waals surface area (Å²) >= 11 is 0. The zero-order chi connectivity index (χ0) is 20.5. The fourth-order valence-corrected chi connectivity index (χ4v) is 3.24. The fraction of sp³-hybridized carbons (Fsp3) is 0.136. The Hall–Kier alpha value is -3.74. The van der Waals surface area contributed by atoms with E-state index in [1.54, 1.807) is 36.0 Å². The lowest BCUT2D eigenvalue weighted by molar-refractivity contribution is -0.116. The van der Waals surface area contributed by atoms with Crippen LogP contribution in [0.15, 0.2) is 65.6 Å². The van der Waals surface area contributed by atoms with Gasteiger partial charge in [-0.1, -0.05) is 17.7 Å². The number of amides is 1. The van der Waals surface area contributed by atoms with Gasteiger partial charge < -0.3 is 5.32 Å². The van der Waals surface area contributed by atoms with Gasteiger partial charge in [-0.05, 0) is 61.9 Å². The van der Waals surface area contributed by atoms with Crippen molar-refractivity contribution in [3.05, 3.63) is 88.1 Å². The molecule has 1 amide bonds. The van der Waals surface area contributed by atoms with Crippen molar-refractivity contribution in [1.29, 1.82) is 0 Å². The van der Waals surface area contributed by atoms with Gasteiger partial charge in [0.2, 0.25) is 5.91 Å². The molecule has 0 unspecified atom stereocenters. The van der Waals surface area contributed by atoms with Crippen LogP contribution in [0.4, 0.5) is 10.1 Å². The predicted molar refractivity (Wildman–Crippen MR) is 110 cm³/mol. The third-order valence-electron chi connectivity index (χ3n) is 4.71. The number of nitrogens with zero attached hydrogens (tertiary/aromatic N) is 3. The summed E-state index contributed by atoms with van der Waals surface area (Å²) < 4.78 is 16.5. The second-order valence-corrected chi connectivity index (χ2v) is 6.90. The lowest BCUT2D eigenvalue weighted by atomic mass is 10.2. The van der Waals surface area contributed by atoms with Gasteiger partial charge >= 0.3 is 0 Å². The van der Waals surface area contributed by atoms with Crippen LogP contribution in [0.2, 0.25) is 0 Å². The third-order valence-corrected chi connectivity index (χ3v) is 4.71. The molecule has 1 N–H and O–H groups in total. The zero-order valence-corrected chi connectivity index (χ0v) is 16.0. The van der Waals surface area contributed by atoms with Crippen molar-refractivity contribution in [2.24, 2.45) is 0 Å². The third kappa shape index (κ3) is 3.54. The number of benzene rings is 2. The molecule has 0 aliphatic carbocycles. The monoisotopic (exact) mass is 390 g/mol. The summed E-state index contributed by atoms with van der Waals surface area (Å²) in [5.41, 5.74) is 2.80. The smallest absolute Gasteiger partial charge is 0.280 e. The number of halogens is 1. The second-order valence-electron chi connectivity index (χ2n) is 6.90. The fourth-order valence-electron chi connectivity index (χ4n) is 3.24. The average Bonchev–Trinajstić information content (AvgIpc) is 2.98. The average molecular weight is 390 g/mol. The number of nitrogens with one attached hydrogen (secondary N) is 1. The van der Waals surface area contributed by atoms with E-state index in [2.05, 4.69) is 10.3 Å². The van der Waals surface area contributed by atoms with Gasteiger partial charge in [0.05, 0.1) is 11.1 Å². The largest absolute Gasteiger partial charge is 0.324 e. The first kappa shape index (κ1) is 18.6. The number of carbonyl (C=O) groups excluding carboxylic acids is 1. The molecule has 0 atom stereocenters. The molecule has 4 aromatic rings. The quantitative estimate of drug-likeness (QED) is 0.579. The van der Waals surface area contributed by atoms with E-state index in [-0.39, 0.29) is 23.8 Å². The number of fused-ring (bicyclic) bond motifs is 1. The molecule has 0 saturated carbocycles. The number of hydrogen-bond donors (Lipinski definition) is 1. The van der Waals surface area contributed by atoms with E-state index in [9.17, 15) is 14.0 Å². The number of hydrogen-bond acceptors (Lipinski definition) is 3. The Kier molecular flexibility index (Phi) is 4.72. The highest BCUT2D eigenvalue weighted by atomic mass is 19.1. The van der Waals surface area contributed by atoms with Crippen molar-refractivity contribution in [2.75, 3.05) is 5.32 Å². The van der Waals surface area contributed by atoms with E-state index in [0.29, 0.717) is 28.0 Å². The Morgan fingerprint density at radius 2 is 1.86 bits per heavy atom. The number of aromatic nitrogens is 3. The van der Waals surface area contributed by atoms with E-state index in [1.807, 2.05) is 31.2 Å². The lowest BCUT2D eigenvalue weighted by Gasteiger charge is -2.13. The topological polar surface area (TPSA) is 68.9 Å². The number of carbonyl (C=O) groups is 1. The molecule has 0 aliphatic rings. The van der Waals surface area contributed by atoms with Crippen LogP contribution in [0.3, 0.4) is 0 Å². The molecule has 0 fully saturated rings. The van der Waals surface area contributed by atoms with Gasteiger partial charge in [0.15, 0.2) is 5.65 Å². The highest BCUT2D eigenvalue weighted by molar-refractivity contribution is 5.91. The van der Waals surface area contributed by atoms with Crippen molar-refractivity contribution in [3.8, 4) is 5.69 Å². The van der Waals surface area contributed by atoms with Crippen LogP contribution in [-0.2, 0) is 11.3 Å². The Balaban J connectivity index is 1.75. The molecular formula is C22H19FN4O2. The molecule has 6 nitrogen and oxygen atoms in total. The van der Waals surface area contributed by atoms with Crippen LogP contribution in [0.5, 0.6) is 0 Å². The van der Waals surface area contributed by atoms with Gasteiger partial charge in [-0.3, -0.25) is 14.3 Å². The minimum absolute atomic E-state index is 0.125. The Morgan fingerprint density at radius 1 is 1.10 bits per heavy atom. The first-order valence-corrected chi connectivity index (χ1v) is 9.13. The van der Waals surface area contributed by atoms with Crippen LogP contribution in [0.1, 0.15) is 11.1 Å². The zero-order valence-electron chi connectivity index (χ0n) is 16.0. The van der Waals surface area contributed by atoms with E-state index in [0.717, 1.165) is 5.56 Å². The lowest BCUT2D eigenvalue weighted by Crippen LogP contribution is -2.27. The molecule has 2 aromatic heterocycles. The summed E-state index contributed by atoms with van der Waals surface area (Å²) in [4.78, 5) is 30.0. The van der Waals surface area contributed by atoms with E-state index in [4.69, 9.17) is 0 Å². The molecule has 2 aromatic carbocycles. The standard InChI is InChI=1S/C22H19FN4O2/c1-14-5-8-17(9-6-14)27-22(29)18-4-3-11-24-21(18)26(27)13-20(28)25-16-7-10-19(23)15(2)12-16/h3-12H,13H2,1-2H3,(H,25,28). The summed E-state index contributed by atoms with van der Waals surface area (Å²) in [6, 6.07) is 15.2. The molecule has 29 heavy (non-hydrogen) atoms.